The summed E-state index contributed by atoms with van der Waals surface area (Å²) in [4.78, 5) is 7.81. The van der Waals surface area contributed by atoms with Crippen molar-refractivity contribution in [2.24, 2.45) is 0 Å². The van der Waals surface area contributed by atoms with Crippen molar-refractivity contribution < 1.29 is 9.15 Å². The second kappa shape index (κ2) is 3.90. The Hall–Kier alpha value is -1.56. The van der Waals surface area contributed by atoms with Crippen LogP contribution in [0.4, 0.5) is 6.01 Å². The van der Waals surface area contributed by atoms with Crippen molar-refractivity contribution in [3.8, 4) is 17.1 Å². The molecule has 0 aromatic carbocycles. The van der Waals surface area contributed by atoms with E-state index in [0.29, 0.717) is 11.5 Å². The maximum Gasteiger partial charge on any atom is 0.292 e. The molecule has 0 radical (unpaired) electrons. The SMILES string of the molecule is COc1cncc(Br)c1-c1cnc(N)o1. The van der Waals surface area contributed by atoms with Crippen molar-refractivity contribution in [2.75, 3.05) is 12.8 Å². The lowest BCUT2D eigenvalue weighted by molar-refractivity contribution is 0.412. The highest BCUT2D eigenvalue weighted by molar-refractivity contribution is 9.10. The normalized spacial score (nSPS) is 10.3. The van der Waals surface area contributed by atoms with E-state index in [4.69, 9.17) is 14.9 Å². The summed E-state index contributed by atoms with van der Waals surface area (Å²) in [7, 11) is 1.56. The van der Waals surface area contributed by atoms with Crippen LogP contribution >= 0.6 is 15.9 Å². The molecule has 0 aliphatic heterocycles. The molecule has 2 aromatic rings. The molecule has 78 valence electrons. The molecular formula is C9H8BrN3O2. The average Bonchev–Trinajstić information content (AvgIpc) is 2.64. The fourth-order valence-corrected chi connectivity index (χ4v) is 1.72. The van der Waals surface area contributed by atoms with Crippen molar-refractivity contribution in [3.05, 3.63) is 23.1 Å². The number of nitrogen functional groups attached to an aromatic ring is 1. The van der Waals surface area contributed by atoms with Gasteiger partial charge in [-0.25, -0.2) is 4.98 Å². The minimum absolute atomic E-state index is 0.121. The van der Waals surface area contributed by atoms with Crippen LogP contribution < -0.4 is 10.5 Å². The Morgan fingerprint density at radius 2 is 2.20 bits per heavy atom. The second-order valence-electron chi connectivity index (χ2n) is 2.76. The number of ether oxygens (including phenoxy) is 1. The summed E-state index contributed by atoms with van der Waals surface area (Å²) < 4.78 is 11.2. The minimum atomic E-state index is 0.121. The molecule has 0 saturated heterocycles. The van der Waals surface area contributed by atoms with Gasteiger partial charge in [0.05, 0.1) is 29.5 Å². The highest BCUT2D eigenvalue weighted by Crippen LogP contribution is 2.36. The number of anilines is 1. The van der Waals surface area contributed by atoms with Crippen molar-refractivity contribution >= 4 is 21.9 Å². The van der Waals surface area contributed by atoms with E-state index in [-0.39, 0.29) is 6.01 Å². The number of halogens is 1. The zero-order valence-corrected chi connectivity index (χ0v) is 9.48. The molecular weight excluding hydrogens is 262 g/mol. The standard InChI is InChI=1S/C9H8BrN3O2/c1-14-6-3-12-2-5(10)8(6)7-4-13-9(11)15-7/h2-4H,1H3,(H2,11,13). The zero-order valence-electron chi connectivity index (χ0n) is 7.90. The minimum Gasteiger partial charge on any atom is -0.494 e. The molecule has 2 rings (SSSR count). The molecule has 2 N–H and O–H groups in total. The summed E-state index contributed by atoms with van der Waals surface area (Å²) in [6.45, 7) is 0. The van der Waals surface area contributed by atoms with Crippen LogP contribution in [-0.4, -0.2) is 17.1 Å². The molecule has 0 aliphatic rings. The number of pyridine rings is 1. The van der Waals surface area contributed by atoms with E-state index in [0.717, 1.165) is 10.0 Å². The van der Waals surface area contributed by atoms with Gasteiger partial charge in [0, 0.05) is 6.20 Å². The summed E-state index contributed by atoms with van der Waals surface area (Å²) in [6.07, 6.45) is 4.79. The Labute approximate surface area is 94.4 Å². The Balaban J connectivity index is 2.60. The molecule has 5 nitrogen and oxygen atoms in total. The topological polar surface area (TPSA) is 74.2 Å². The van der Waals surface area contributed by atoms with Crippen molar-refractivity contribution in [1.29, 1.82) is 0 Å². The second-order valence-corrected chi connectivity index (χ2v) is 3.62. The number of rotatable bonds is 2. The van der Waals surface area contributed by atoms with Crippen molar-refractivity contribution in [1.82, 2.24) is 9.97 Å². The highest BCUT2D eigenvalue weighted by atomic mass is 79.9. The first-order valence-electron chi connectivity index (χ1n) is 4.11. The summed E-state index contributed by atoms with van der Waals surface area (Å²) in [5, 5.41) is 0. The van der Waals surface area contributed by atoms with Gasteiger partial charge >= 0.3 is 0 Å². The first-order valence-corrected chi connectivity index (χ1v) is 4.91. The number of hydrogen-bond donors (Lipinski definition) is 1. The van der Waals surface area contributed by atoms with Gasteiger partial charge in [0.1, 0.15) is 5.75 Å². The molecule has 2 aromatic heterocycles. The molecule has 2 heterocycles. The Morgan fingerprint density at radius 1 is 1.40 bits per heavy atom. The monoisotopic (exact) mass is 269 g/mol. The van der Waals surface area contributed by atoms with Gasteiger partial charge in [-0.3, -0.25) is 4.98 Å². The van der Waals surface area contributed by atoms with Gasteiger partial charge in [-0.1, -0.05) is 0 Å². The molecule has 0 atom stereocenters. The van der Waals surface area contributed by atoms with Gasteiger partial charge in [0.25, 0.3) is 6.01 Å². The van der Waals surface area contributed by atoms with Crippen LogP contribution in [0.3, 0.4) is 0 Å². The third-order valence-electron chi connectivity index (χ3n) is 1.85. The molecule has 0 amide bonds. The molecule has 0 spiro atoms. The largest absolute Gasteiger partial charge is 0.494 e. The number of hydrogen-bond acceptors (Lipinski definition) is 5. The van der Waals surface area contributed by atoms with Crippen LogP contribution in [0.1, 0.15) is 0 Å². The van der Waals surface area contributed by atoms with E-state index in [1.165, 1.54) is 6.20 Å². The van der Waals surface area contributed by atoms with Crippen LogP contribution in [0, 0.1) is 0 Å². The van der Waals surface area contributed by atoms with Gasteiger partial charge in [-0.2, -0.15) is 0 Å². The lowest BCUT2D eigenvalue weighted by Crippen LogP contribution is -1.89. The van der Waals surface area contributed by atoms with E-state index in [2.05, 4.69) is 25.9 Å². The number of oxazole rings is 1. The van der Waals surface area contributed by atoms with E-state index in [1.54, 1.807) is 19.5 Å². The lowest BCUT2D eigenvalue weighted by atomic mass is 10.2. The number of nitrogens with two attached hydrogens (primary N) is 1. The number of methoxy groups -OCH3 is 1. The van der Waals surface area contributed by atoms with Crippen LogP contribution in [-0.2, 0) is 0 Å². The summed E-state index contributed by atoms with van der Waals surface area (Å²) in [6, 6.07) is 0.121. The summed E-state index contributed by atoms with van der Waals surface area (Å²) in [5.74, 6) is 1.14. The maximum atomic E-state index is 5.41. The van der Waals surface area contributed by atoms with Crippen LogP contribution in [0.25, 0.3) is 11.3 Å². The Bertz CT molecular complexity index is 484. The highest BCUT2D eigenvalue weighted by Gasteiger charge is 2.14. The summed E-state index contributed by atoms with van der Waals surface area (Å²) in [5.41, 5.74) is 6.15. The van der Waals surface area contributed by atoms with Gasteiger partial charge in [0.2, 0.25) is 0 Å². The van der Waals surface area contributed by atoms with Gasteiger partial charge in [0.15, 0.2) is 5.76 Å². The smallest absolute Gasteiger partial charge is 0.292 e. The van der Waals surface area contributed by atoms with Crippen LogP contribution in [0.5, 0.6) is 5.75 Å². The van der Waals surface area contributed by atoms with E-state index in [1.807, 2.05) is 0 Å². The summed E-state index contributed by atoms with van der Waals surface area (Å²) >= 11 is 3.36. The predicted octanol–water partition coefficient (Wildman–Crippen LogP) is 2.09. The first-order chi connectivity index (χ1) is 7.22. The van der Waals surface area contributed by atoms with Gasteiger partial charge in [-0.05, 0) is 15.9 Å². The molecule has 0 saturated carbocycles. The van der Waals surface area contributed by atoms with E-state index >= 15 is 0 Å². The molecule has 0 bridgehead atoms. The average molecular weight is 270 g/mol. The van der Waals surface area contributed by atoms with E-state index in [9.17, 15) is 0 Å². The number of nitrogens with zero attached hydrogens (tertiary/aromatic N) is 2. The maximum absolute atomic E-state index is 5.41. The molecule has 0 fully saturated rings. The predicted molar refractivity (Wildman–Crippen MR) is 58.4 cm³/mol. The Morgan fingerprint density at radius 3 is 2.80 bits per heavy atom. The molecule has 0 aliphatic carbocycles. The third kappa shape index (κ3) is 1.80. The molecule has 6 heteroatoms. The quantitative estimate of drug-likeness (QED) is 0.904. The van der Waals surface area contributed by atoms with Crippen LogP contribution in [0.2, 0.25) is 0 Å². The third-order valence-corrected chi connectivity index (χ3v) is 2.46. The Kier molecular flexibility index (Phi) is 2.59. The van der Waals surface area contributed by atoms with E-state index < -0.39 is 0 Å². The fraction of sp³-hybridized carbons (Fsp3) is 0.111. The number of aromatic nitrogens is 2. The van der Waals surface area contributed by atoms with Crippen molar-refractivity contribution in [3.63, 3.8) is 0 Å². The van der Waals surface area contributed by atoms with Gasteiger partial charge in [-0.15, -0.1) is 0 Å². The molecule has 0 unspecified atom stereocenters. The van der Waals surface area contributed by atoms with Crippen LogP contribution in [0.15, 0.2) is 27.5 Å². The lowest BCUT2D eigenvalue weighted by Gasteiger charge is -2.06. The fourth-order valence-electron chi connectivity index (χ4n) is 1.21. The van der Waals surface area contributed by atoms with Gasteiger partial charge < -0.3 is 14.9 Å². The molecule has 15 heavy (non-hydrogen) atoms. The zero-order chi connectivity index (χ0) is 10.8. The first kappa shape index (κ1) is 9.97. The van der Waals surface area contributed by atoms with Crippen molar-refractivity contribution in [2.45, 2.75) is 0 Å².